The molecule has 1 aromatic carbocycles. The maximum atomic E-state index is 9.18. The fourth-order valence-corrected chi connectivity index (χ4v) is 2.65. The number of nitrogens with zero attached hydrogens (tertiary/aromatic N) is 2. The van der Waals surface area contributed by atoms with E-state index in [9.17, 15) is 5.26 Å². The second-order valence-corrected chi connectivity index (χ2v) is 4.15. The minimum Gasteiger partial charge on any atom is -0.332 e. The summed E-state index contributed by atoms with van der Waals surface area (Å²) in [4.78, 5) is 0. The molecule has 1 aliphatic rings. The molecule has 1 aromatic heterocycles. The monoisotopic (exact) mass is 196 g/mol. The van der Waals surface area contributed by atoms with Crippen LogP contribution in [0.2, 0.25) is 0 Å². The average molecular weight is 196 g/mol. The van der Waals surface area contributed by atoms with Gasteiger partial charge in [0, 0.05) is 11.9 Å². The first kappa shape index (κ1) is 8.55. The number of hydrogen-bond donors (Lipinski definition) is 0. The minimum absolute atomic E-state index is 0.845. The molecule has 0 saturated heterocycles. The van der Waals surface area contributed by atoms with Crippen LogP contribution in [0.15, 0.2) is 18.2 Å². The molecule has 2 aromatic rings. The van der Waals surface area contributed by atoms with E-state index in [0.717, 1.165) is 30.6 Å². The summed E-state index contributed by atoms with van der Waals surface area (Å²) in [6.45, 7) is 3.04. The van der Waals surface area contributed by atoms with Gasteiger partial charge in [0.15, 0.2) is 0 Å². The zero-order chi connectivity index (χ0) is 10.4. The lowest BCUT2D eigenvalue weighted by Crippen LogP contribution is -2.08. The number of benzene rings is 1. The Bertz CT molecular complexity index is 585. The molecule has 0 radical (unpaired) electrons. The van der Waals surface area contributed by atoms with Crippen LogP contribution in [-0.2, 0) is 13.0 Å². The van der Waals surface area contributed by atoms with E-state index in [1.807, 2.05) is 6.92 Å². The molecule has 2 heteroatoms. The lowest BCUT2D eigenvalue weighted by molar-refractivity contribution is 0.629. The van der Waals surface area contributed by atoms with Gasteiger partial charge in [0.2, 0.25) is 0 Å². The molecular formula is C13H12N2. The van der Waals surface area contributed by atoms with Crippen LogP contribution in [0.5, 0.6) is 0 Å². The van der Waals surface area contributed by atoms with Gasteiger partial charge in [-0.3, -0.25) is 0 Å². The molecule has 0 aliphatic carbocycles. The van der Waals surface area contributed by atoms with Crippen molar-refractivity contribution in [3.05, 3.63) is 35.0 Å². The summed E-state index contributed by atoms with van der Waals surface area (Å²) in [5.41, 5.74) is 4.66. The van der Waals surface area contributed by atoms with Crippen LogP contribution in [0.25, 0.3) is 10.9 Å². The van der Waals surface area contributed by atoms with E-state index in [-0.39, 0.29) is 0 Å². The van der Waals surface area contributed by atoms with E-state index < -0.39 is 0 Å². The molecule has 0 amide bonds. The summed E-state index contributed by atoms with van der Waals surface area (Å²) in [6.07, 6.45) is 2.29. The summed E-state index contributed by atoms with van der Waals surface area (Å²) in [6, 6.07) is 8.73. The number of nitriles is 1. The van der Waals surface area contributed by atoms with Crippen molar-refractivity contribution in [2.24, 2.45) is 0 Å². The summed E-state index contributed by atoms with van der Waals surface area (Å²) >= 11 is 0. The third-order valence-corrected chi connectivity index (χ3v) is 3.35. The highest BCUT2D eigenvalue weighted by Gasteiger charge is 2.18. The van der Waals surface area contributed by atoms with E-state index >= 15 is 0 Å². The van der Waals surface area contributed by atoms with Crippen LogP contribution < -0.4 is 0 Å². The normalized spacial score (nSPS) is 14.1. The predicted molar refractivity (Wildman–Crippen MR) is 59.7 cm³/mol. The van der Waals surface area contributed by atoms with E-state index in [4.69, 9.17) is 0 Å². The maximum absolute atomic E-state index is 9.18. The highest BCUT2D eigenvalue weighted by molar-refractivity contribution is 5.89. The Morgan fingerprint density at radius 1 is 1.40 bits per heavy atom. The van der Waals surface area contributed by atoms with Crippen molar-refractivity contribution < 1.29 is 0 Å². The van der Waals surface area contributed by atoms with Crippen molar-refractivity contribution in [1.29, 1.82) is 5.26 Å². The summed E-state index contributed by atoms with van der Waals surface area (Å²) in [5.74, 6) is 0. The van der Waals surface area contributed by atoms with Crippen LogP contribution in [0.1, 0.15) is 23.2 Å². The van der Waals surface area contributed by atoms with Crippen LogP contribution >= 0.6 is 0 Å². The Kier molecular flexibility index (Phi) is 1.63. The third kappa shape index (κ3) is 0.979. The molecule has 0 saturated carbocycles. The quantitative estimate of drug-likeness (QED) is 0.637. The topological polar surface area (TPSA) is 28.7 Å². The lowest BCUT2D eigenvalue weighted by atomic mass is 10.0. The Morgan fingerprint density at radius 3 is 3.07 bits per heavy atom. The molecule has 15 heavy (non-hydrogen) atoms. The largest absolute Gasteiger partial charge is 0.332 e. The molecule has 74 valence electrons. The smallest absolute Gasteiger partial charge is 0.124 e. The molecule has 3 rings (SSSR count). The van der Waals surface area contributed by atoms with E-state index in [0.29, 0.717) is 0 Å². The van der Waals surface area contributed by atoms with Gasteiger partial charge in [-0.05, 0) is 30.9 Å². The van der Waals surface area contributed by atoms with Crippen LogP contribution in [0, 0.1) is 18.3 Å². The van der Waals surface area contributed by atoms with Crippen molar-refractivity contribution in [3.8, 4) is 6.07 Å². The molecule has 0 bridgehead atoms. The van der Waals surface area contributed by atoms with Gasteiger partial charge >= 0.3 is 0 Å². The van der Waals surface area contributed by atoms with E-state index in [2.05, 4.69) is 28.8 Å². The fraction of sp³-hybridized carbons (Fsp3) is 0.308. The molecule has 0 spiro atoms. The van der Waals surface area contributed by atoms with Crippen LogP contribution in [0.4, 0.5) is 0 Å². The van der Waals surface area contributed by atoms with Gasteiger partial charge in [-0.1, -0.05) is 18.2 Å². The van der Waals surface area contributed by atoms with Gasteiger partial charge in [0.1, 0.15) is 11.8 Å². The van der Waals surface area contributed by atoms with Crippen molar-refractivity contribution in [1.82, 2.24) is 4.57 Å². The molecule has 0 N–H and O–H groups in total. The molecular weight excluding hydrogens is 184 g/mol. The Labute approximate surface area is 88.7 Å². The Morgan fingerprint density at radius 2 is 2.27 bits per heavy atom. The second kappa shape index (κ2) is 2.87. The van der Waals surface area contributed by atoms with Gasteiger partial charge < -0.3 is 4.57 Å². The summed E-state index contributed by atoms with van der Waals surface area (Å²) < 4.78 is 2.18. The zero-order valence-corrected chi connectivity index (χ0v) is 8.75. The zero-order valence-electron chi connectivity index (χ0n) is 8.75. The SMILES string of the molecule is Cc1c(C#N)n2c3c(cccc13)CCC2. The van der Waals surface area contributed by atoms with Gasteiger partial charge in [-0.2, -0.15) is 5.26 Å². The van der Waals surface area contributed by atoms with Gasteiger partial charge in [-0.25, -0.2) is 0 Å². The van der Waals surface area contributed by atoms with Crippen LogP contribution in [-0.4, -0.2) is 4.57 Å². The van der Waals surface area contributed by atoms with Gasteiger partial charge in [0.25, 0.3) is 0 Å². The molecule has 0 atom stereocenters. The number of aryl methyl sites for hydroxylation is 3. The summed E-state index contributed by atoms with van der Waals surface area (Å²) in [5, 5.41) is 10.4. The molecule has 1 aliphatic heterocycles. The first-order valence-corrected chi connectivity index (χ1v) is 5.33. The van der Waals surface area contributed by atoms with Crippen molar-refractivity contribution in [2.45, 2.75) is 26.3 Å². The fourth-order valence-electron chi connectivity index (χ4n) is 2.65. The third-order valence-electron chi connectivity index (χ3n) is 3.35. The van der Waals surface area contributed by atoms with Crippen molar-refractivity contribution in [2.75, 3.05) is 0 Å². The first-order valence-electron chi connectivity index (χ1n) is 5.33. The van der Waals surface area contributed by atoms with Gasteiger partial charge in [-0.15, -0.1) is 0 Å². The van der Waals surface area contributed by atoms with Crippen molar-refractivity contribution >= 4 is 10.9 Å². The van der Waals surface area contributed by atoms with Gasteiger partial charge in [0.05, 0.1) is 5.52 Å². The molecule has 0 unspecified atom stereocenters. The molecule has 2 heterocycles. The highest BCUT2D eigenvalue weighted by Crippen LogP contribution is 2.31. The standard InChI is InChI=1S/C13H12N2/c1-9-11-6-2-4-10-5-3-7-15(13(10)11)12(9)8-14/h2,4,6H,3,5,7H2,1H3. The Balaban J connectivity index is 2.55. The Hall–Kier alpha value is -1.75. The first-order chi connectivity index (χ1) is 7.33. The van der Waals surface area contributed by atoms with Crippen LogP contribution in [0.3, 0.4) is 0 Å². The lowest BCUT2D eigenvalue weighted by Gasteiger charge is -2.15. The summed E-state index contributed by atoms with van der Waals surface area (Å²) in [7, 11) is 0. The van der Waals surface area contributed by atoms with E-state index in [1.54, 1.807) is 0 Å². The number of para-hydroxylation sites is 1. The number of hydrogen-bond acceptors (Lipinski definition) is 1. The highest BCUT2D eigenvalue weighted by atomic mass is 15.0. The molecule has 0 fully saturated rings. The number of aromatic nitrogens is 1. The maximum Gasteiger partial charge on any atom is 0.124 e. The number of rotatable bonds is 0. The second-order valence-electron chi connectivity index (χ2n) is 4.15. The van der Waals surface area contributed by atoms with Crippen molar-refractivity contribution in [3.63, 3.8) is 0 Å². The molecule has 2 nitrogen and oxygen atoms in total. The van der Waals surface area contributed by atoms with E-state index in [1.165, 1.54) is 16.5 Å². The predicted octanol–water partition coefficient (Wildman–Crippen LogP) is 2.77. The minimum atomic E-state index is 0.845. The average Bonchev–Trinajstić information content (AvgIpc) is 2.55.